The Morgan fingerprint density at radius 1 is 1.38 bits per heavy atom. The van der Waals surface area contributed by atoms with E-state index < -0.39 is 15.7 Å². The monoisotopic (exact) mass is 202 g/mol. The van der Waals surface area contributed by atoms with Gasteiger partial charge in [-0.2, -0.15) is 0 Å². The molecular formula is C8H7FO3S. The number of sulfone groups is 1. The summed E-state index contributed by atoms with van der Waals surface area (Å²) in [6.45, 7) is 0. The molecule has 5 heteroatoms. The molecule has 0 aliphatic heterocycles. The number of halogens is 1. The number of aldehydes is 1. The van der Waals surface area contributed by atoms with E-state index in [9.17, 15) is 17.6 Å². The van der Waals surface area contributed by atoms with Crippen molar-refractivity contribution in [2.24, 2.45) is 0 Å². The molecule has 0 bridgehead atoms. The topological polar surface area (TPSA) is 51.2 Å². The number of carbonyl (C=O) groups is 1. The van der Waals surface area contributed by atoms with Crippen LogP contribution in [0.1, 0.15) is 10.4 Å². The summed E-state index contributed by atoms with van der Waals surface area (Å²) in [5, 5.41) is 0. The Bertz CT molecular complexity index is 437. The quantitative estimate of drug-likeness (QED) is 0.532. The average molecular weight is 202 g/mol. The molecule has 0 aliphatic rings. The Labute approximate surface area is 75.1 Å². The van der Waals surface area contributed by atoms with Crippen LogP contribution in [-0.2, 0) is 9.84 Å². The Morgan fingerprint density at radius 3 is 2.46 bits per heavy atom. The molecule has 3 nitrogen and oxygen atoms in total. The van der Waals surface area contributed by atoms with Crippen LogP contribution in [0, 0.1) is 5.82 Å². The average Bonchev–Trinajstić information content (AvgIpc) is 2.01. The summed E-state index contributed by atoms with van der Waals surface area (Å²) in [7, 11) is -3.46. The van der Waals surface area contributed by atoms with Gasteiger partial charge in [0.15, 0.2) is 16.1 Å². The fourth-order valence-electron chi connectivity index (χ4n) is 0.949. The summed E-state index contributed by atoms with van der Waals surface area (Å²) >= 11 is 0. The zero-order chi connectivity index (χ0) is 10.1. The van der Waals surface area contributed by atoms with Crippen molar-refractivity contribution in [2.75, 3.05) is 6.26 Å². The highest BCUT2D eigenvalue weighted by atomic mass is 32.2. The van der Waals surface area contributed by atoms with Crippen LogP contribution >= 0.6 is 0 Å². The highest BCUT2D eigenvalue weighted by molar-refractivity contribution is 7.90. The lowest BCUT2D eigenvalue weighted by atomic mass is 10.2. The van der Waals surface area contributed by atoms with Crippen LogP contribution in [0.25, 0.3) is 0 Å². The van der Waals surface area contributed by atoms with E-state index in [-0.39, 0.29) is 10.5 Å². The van der Waals surface area contributed by atoms with E-state index in [0.717, 1.165) is 24.5 Å². The van der Waals surface area contributed by atoms with Gasteiger partial charge in [-0.15, -0.1) is 0 Å². The van der Waals surface area contributed by atoms with Gasteiger partial charge in [0.2, 0.25) is 0 Å². The molecule has 0 atom stereocenters. The highest BCUT2D eigenvalue weighted by Crippen LogP contribution is 2.14. The van der Waals surface area contributed by atoms with E-state index in [1.165, 1.54) is 0 Å². The van der Waals surface area contributed by atoms with Crippen LogP contribution in [0.4, 0.5) is 4.39 Å². The minimum atomic E-state index is -3.46. The first-order valence-corrected chi connectivity index (χ1v) is 5.29. The zero-order valence-corrected chi connectivity index (χ0v) is 7.64. The van der Waals surface area contributed by atoms with Gasteiger partial charge in [-0.1, -0.05) is 0 Å². The molecule has 0 spiro atoms. The Morgan fingerprint density at radius 2 is 2.00 bits per heavy atom. The molecule has 0 fully saturated rings. The van der Waals surface area contributed by atoms with Gasteiger partial charge < -0.3 is 0 Å². The smallest absolute Gasteiger partial charge is 0.176 e. The Kier molecular flexibility index (Phi) is 2.47. The van der Waals surface area contributed by atoms with Gasteiger partial charge in [0.25, 0.3) is 0 Å². The number of carbonyl (C=O) groups excluding carboxylic acids is 1. The normalized spacial score (nSPS) is 11.2. The lowest BCUT2D eigenvalue weighted by molar-refractivity contribution is 0.112. The van der Waals surface area contributed by atoms with Crippen LogP contribution in [0.2, 0.25) is 0 Å². The maximum Gasteiger partial charge on any atom is 0.176 e. The van der Waals surface area contributed by atoms with Crippen molar-refractivity contribution < 1.29 is 17.6 Å². The van der Waals surface area contributed by atoms with E-state index in [4.69, 9.17) is 0 Å². The van der Waals surface area contributed by atoms with Crippen LogP contribution in [0.5, 0.6) is 0 Å². The molecular weight excluding hydrogens is 195 g/mol. The molecule has 0 amide bonds. The Hall–Kier alpha value is -1.23. The fourth-order valence-corrected chi connectivity index (χ4v) is 1.80. The van der Waals surface area contributed by atoms with Crippen LogP contribution in [0.15, 0.2) is 23.1 Å². The van der Waals surface area contributed by atoms with Crippen LogP contribution in [-0.4, -0.2) is 21.0 Å². The van der Waals surface area contributed by atoms with E-state index >= 15 is 0 Å². The third-order valence-electron chi connectivity index (χ3n) is 1.50. The highest BCUT2D eigenvalue weighted by Gasteiger charge is 2.12. The Balaban J connectivity index is 3.47. The zero-order valence-electron chi connectivity index (χ0n) is 6.82. The summed E-state index contributed by atoms with van der Waals surface area (Å²) in [6, 6.07) is 2.97. The molecule has 0 aliphatic carbocycles. The predicted octanol–water partition coefficient (Wildman–Crippen LogP) is 1.04. The van der Waals surface area contributed by atoms with Crippen molar-refractivity contribution in [3.63, 3.8) is 0 Å². The maximum atomic E-state index is 12.6. The minimum absolute atomic E-state index is 0.149. The van der Waals surface area contributed by atoms with Crippen molar-refractivity contribution in [1.29, 1.82) is 0 Å². The molecule has 1 rings (SSSR count). The largest absolute Gasteiger partial charge is 0.298 e. The third-order valence-corrected chi connectivity index (χ3v) is 2.67. The van der Waals surface area contributed by atoms with E-state index in [1.54, 1.807) is 0 Å². The summed E-state index contributed by atoms with van der Waals surface area (Å²) < 4.78 is 34.7. The molecule has 0 unspecified atom stereocenters. The molecule has 0 heterocycles. The standard InChI is InChI=1S/C8H7FO3S/c1-13(11,12)8-3-2-7(9)4-6(8)5-10/h2-5H,1H3. The first-order chi connectivity index (χ1) is 5.95. The molecule has 70 valence electrons. The van der Waals surface area contributed by atoms with Gasteiger partial charge in [0, 0.05) is 11.8 Å². The molecule has 0 saturated carbocycles. The molecule has 0 saturated heterocycles. The van der Waals surface area contributed by atoms with Gasteiger partial charge in [0.05, 0.1) is 4.90 Å². The molecule has 0 aromatic heterocycles. The van der Waals surface area contributed by atoms with Crippen molar-refractivity contribution in [3.8, 4) is 0 Å². The van der Waals surface area contributed by atoms with Crippen LogP contribution in [0.3, 0.4) is 0 Å². The SMILES string of the molecule is CS(=O)(=O)c1ccc(F)cc1C=O. The second-order valence-electron chi connectivity index (χ2n) is 2.57. The van der Waals surface area contributed by atoms with Crippen LogP contribution < -0.4 is 0 Å². The van der Waals surface area contributed by atoms with Gasteiger partial charge in [-0.05, 0) is 18.2 Å². The van der Waals surface area contributed by atoms with Crippen molar-refractivity contribution in [2.45, 2.75) is 4.90 Å². The van der Waals surface area contributed by atoms with Gasteiger partial charge in [-0.3, -0.25) is 4.79 Å². The summed E-state index contributed by atoms with van der Waals surface area (Å²) in [5.74, 6) is -0.630. The van der Waals surface area contributed by atoms with Crippen molar-refractivity contribution >= 4 is 16.1 Å². The van der Waals surface area contributed by atoms with Gasteiger partial charge in [0.1, 0.15) is 5.82 Å². The second-order valence-corrected chi connectivity index (χ2v) is 4.56. The number of rotatable bonds is 2. The summed E-state index contributed by atoms with van der Waals surface area (Å²) in [6.07, 6.45) is 1.28. The number of hydrogen-bond donors (Lipinski definition) is 0. The van der Waals surface area contributed by atoms with Gasteiger partial charge >= 0.3 is 0 Å². The van der Waals surface area contributed by atoms with Crippen molar-refractivity contribution in [3.05, 3.63) is 29.6 Å². The fraction of sp³-hybridized carbons (Fsp3) is 0.125. The molecule has 13 heavy (non-hydrogen) atoms. The number of hydrogen-bond acceptors (Lipinski definition) is 3. The minimum Gasteiger partial charge on any atom is -0.298 e. The molecule has 1 aromatic carbocycles. The molecule has 0 radical (unpaired) electrons. The third kappa shape index (κ3) is 2.12. The molecule has 1 aromatic rings. The number of benzene rings is 1. The maximum absolute atomic E-state index is 12.6. The summed E-state index contributed by atoms with van der Waals surface area (Å²) in [4.78, 5) is 10.2. The van der Waals surface area contributed by atoms with E-state index in [1.807, 2.05) is 0 Å². The first kappa shape index (κ1) is 9.85. The van der Waals surface area contributed by atoms with E-state index in [2.05, 4.69) is 0 Å². The first-order valence-electron chi connectivity index (χ1n) is 3.40. The lowest BCUT2D eigenvalue weighted by Gasteiger charge is -2.00. The van der Waals surface area contributed by atoms with E-state index in [0.29, 0.717) is 6.29 Å². The lowest BCUT2D eigenvalue weighted by Crippen LogP contribution is -2.02. The summed E-state index contributed by atoms with van der Waals surface area (Å²) in [5.41, 5.74) is -0.150. The van der Waals surface area contributed by atoms with Crippen molar-refractivity contribution in [1.82, 2.24) is 0 Å². The molecule has 0 N–H and O–H groups in total. The predicted molar refractivity (Wildman–Crippen MR) is 44.9 cm³/mol. The second kappa shape index (κ2) is 3.26. The van der Waals surface area contributed by atoms with Gasteiger partial charge in [-0.25, -0.2) is 12.8 Å².